The van der Waals surface area contributed by atoms with Crippen molar-refractivity contribution in [2.24, 2.45) is 5.73 Å². The molecule has 4 N–H and O–H groups in total. The summed E-state index contributed by atoms with van der Waals surface area (Å²) in [5, 5.41) is 11.7. The fraction of sp³-hybridized carbons (Fsp3) is 0.364. The zero-order valence-electron chi connectivity index (χ0n) is 9.14. The van der Waals surface area contributed by atoms with E-state index in [1.54, 1.807) is 0 Å². The van der Waals surface area contributed by atoms with Crippen molar-refractivity contribution in [2.75, 3.05) is 13.2 Å². The topological polar surface area (TPSA) is 84.6 Å². The minimum atomic E-state index is -0.770. The number of carbonyl (C=O) groups is 1. The summed E-state index contributed by atoms with van der Waals surface area (Å²) in [5.41, 5.74) is 6.00. The number of benzene rings is 1. The number of aryl methyl sites for hydroxylation is 1. The first-order valence-corrected chi connectivity index (χ1v) is 4.99. The number of ether oxygens (including phenoxy) is 1. The maximum atomic E-state index is 10.4. The minimum Gasteiger partial charge on any atom is -0.491 e. The fourth-order valence-electron chi connectivity index (χ4n) is 1.10. The van der Waals surface area contributed by atoms with Gasteiger partial charge >= 0.3 is 6.03 Å². The summed E-state index contributed by atoms with van der Waals surface area (Å²) in [6.45, 7) is 2.18. The summed E-state index contributed by atoms with van der Waals surface area (Å²) in [5.74, 6) is 0.684. The molecule has 1 aromatic rings. The molecular formula is C11H16N2O3. The molecule has 1 unspecified atom stereocenters. The summed E-state index contributed by atoms with van der Waals surface area (Å²) in [6.07, 6.45) is -0.770. The highest BCUT2D eigenvalue weighted by molar-refractivity contribution is 5.71. The second kappa shape index (κ2) is 5.97. The molecule has 0 radical (unpaired) electrons. The van der Waals surface area contributed by atoms with Gasteiger partial charge in [0.15, 0.2) is 0 Å². The van der Waals surface area contributed by atoms with Gasteiger partial charge in [-0.1, -0.05) is 17.7 Å². The van der Waals surface area contributed by atoms with Crippen LogP contribution in [-0.2, 0) is 0 Å². The SMILES string of the molecule is Cc1ccc(OCC(O)CNC(N)=O)cc1. The van der Waals surface area contributed by atoms with Crippen molar-refractivity contribution in [3.63, 3.8) is 0 Å². The van der Waals surface area contributed by atoms with E-state index >= 15 is 0 Å². The number of primary amides is 1. The predicted octanol–water partition coefficient (Wildman–Crippen LogP) is 0.403. The molecule has 2 amide bonds. The molecule has 5 nitrogen and oxygen atoms in total. The molecule has 0 saturated heterocycles. The molecule has 0 aliphatic heterocycles. The average molecular weight is 224 g/mol. The smallest absolute Gasteiger partial charge is 0.312 e. The van der Waals surface area contributed by atoms with Crippen molar-refractivity contribution in [1.82, 2.24) is 5.32 Å². The van der Waals surface area contributed by atoms with Crippen LogP contribution < -0.4 is 15.8 Å². The highest BCUT2D eigenvalue weighted by Gasteiger charge is 2.05. The Bertz CT molecular complexity index is 338. The fourth-order valence-corrected chi connectivity index (χ4v) is 1.10. The molecular weight excluding hydrogens is 208 g/mol. The lowest BCUT2D eigenvalue weighted by atomic mass is 10.2. The number of nitrogens with two attached hydrogens (primary N) is 1. The van der Waals surface area contributed by atoms with E-state index in [1.165, 1.54) is 0 Å². The first-order valence-electron chi connectivity index (χ1n) is 4.99. The summed E-state index contributed by atoms with van der Waals surface area (Å²) in [4.78, 5) is 10.4. The van der Waals surface area contributed by atoms with Gasteiger partial charge in [0.25, 0.3) is 0 Å². The molecule has 0 fully saturated rings. The van der Waals surface area contributed by atoms with Gasteiger partial charge in [0, 0.05) is 6.54 Å². The molecule has 0 aromatic heterocycles. The minimum absolute atomic E-state index is 0.0845. The van der Waals surface area contributed by atoms with Gasteiger partial charge in [-0.2, -0.15) is 0 Å². The van der Waals surface area contributed by atoms with Crippen molar-refractivity contribution in [3.05, 3.63) is 29.8 Å². The van der Waals surface area contributed by atoms with Crippen molar-refractivity contribution in [2.45, 2.75) is 13.0 Å². The molecule has 0 spiro atoms. The third-order valence-electron chi connectivity index (χ3n) is 1.98. The Labute approximate surface area is 94.2 Å². The number of hydrogen-bond donors (Lipinski definition) is 3. The van der Waals surface area contributed by atoms with Crippen LogP contribution in [0.1, 0.15) is 5.56 Å². The standard InChI is InChI=1S/C11H16N2O3/c1-8-2-4-10(5-3-8)16-7-9(14)6-13-11(12)15/h2-5,9,14H,6-7H2,1H3,(H3,12,13,15). The quantitative estimate of drug-likeness (QED) is 0.677. The lowest BCUT2D eigenvalue weighted by Crippen LogP contribution is -2.38. The van der Waals surface area contributed by atoms with Gasteiger partial charge in [0.05, 0.1) is 0 Å². The predicted molar refractivity (Wildman–Crippen MR) is 60.3 cm³/mol. The van der Waals surface area contributed by atoms with Crippen molar-refractivity contribution < 1.29 is 14.6 Å². The highest BCUT2D eigenvalue weighted by Crippen LogP contribution is 2.11. The molecule has 5 heteroatoms. The summed E-state index contributed by atoms with van der Waals surface area (Å²) >= 11 is 0. The highest BCUT2D eigenvalue weighted by atomic mass is 16.5. The Morgan fingerprint density at radius 1 is 1.50 bits per heavy atom. The Morgan fingerprint density at radius 2 is 2.12 bits per heavy atom. The van der Waals surface area contributed by atoms with Crippen molar-refractivity contribution in [1.29, 1.82) is 0 Å². The zero-order chi connectivity index (χ0) is 12.0. The Balaban J connectivity index is 2.28. The monoisotopic (exact) mass is 224 g/mol. The molecule has 0 aliphatic rings. The van der Waals surface area contributed by atoms with E-state index in [9.17, 15) is 9.90 Å². The lowest BCUT2D eigenvalue weighted by molar-refractivity contribution is 0.108. The van der Waals surface area contributed by atoms with E-state index in [4.69, 9.17) is 10.5 Å². The number of urea groups is 1. The molecule has 1 rings (SSSR count). The van der Waals surface area contributed by atoms with Gasteiger partial charge in [0.1, 0.15) is 18.5 Å². The van der Waals surface area contributed by atoms with E-state index in [0.29, 0.717) is 5.75 Å². The number of hydrogen-bond acceptors (Lipinski definition) is 3. The van der Waals surface area contributed by atoms with E-state index in [0.717, 1.165) is 5.56 Å². The summed E-state index contributed by atoms with van der Waals surface area (Å²) in [6, 6.07) is 6.83. The maximum Gasteiger partial charge on any atom is 0.312 e. The second-order valence-electron chi connectivity index (χ2n) is 3.52. The van der Waals surface area contributed by atoms with E-state index < -0.39 is 12.1 Å². The van der Waals surface area contributed by atoms with Crippen LogP contribution in [0.4, 0.5) is 4.79 Å². The number of aliphatic hydroxyl groups is 1. The van der Waals surface area contributed by atoms with E-state index in [2.05, 4.69) is 5.32 Å². The number of aliphatic hydroxyl groups excluding tert-OH is 1. The van der Waals surface area contributed by atoms with Crippen LogP contribution in [-0.4, -0.2) is 30.4 Å². The third-order valence-corrected chi connectivity index (χ3v) is 1.98. The van der Waals surface area contributed by atoms with Crippen LogP contribution in [0, 0.1) is 6.92 Å². The molecule has 0 aliphatic carbocycles. The molecule has 16 heavy (non-hydrogen) atoms. The number of amides is 2. The Hall–Kier alpha value is -1.75. The first kappa shape index (κ1) is 12.3. The molecule has 1 atom stereocenters. The third kappa shape index (κ3) is 4.65. The first-order chi connectivity index (χ1) is 7.58. The summed E-state index contributed by atoms with van der Waals surface area (Å²) < 4.78 is 5.31. The van der Waals surface area contributed by atoms with Crippen LogP contribution in [0.5, 0.6) is 5.75 Å². The Kier molecular flexibility index (Phi) is 4.60. The van der Waals surface area contributed by atoms with Crippen LogP contribution >= 0.6 is 0 Å². The lowest BCUT2D eigenvalue weighted by Gasteiger charge is -2.12. The molecule has 0 saturated carbocycles. The van der Waals surface area contributed by atoms with Crippen molar-refractivity contribution in [3.8, 4) is 5.75 Å². The molecule has 88 valence electrons. The van der Waals surface area contributed by atoms with E-state index in [-0.39, 0.29) is 13.2 Å². The van der Waals surface area contributed by atoms with Crippen LogP contribution in [0.25, 0.3) is 0 Å². The second-order valence-corrected chi connectivity index (χ2v) is 3.52. The average Bonchev–Trinajstić information content (AvgIpc) is 2.25. The van der Waals surface area contributed by atoms with Gasteiger partial charge in [-0.05, 0) is 19.1 Å². The number of carbonyl (C=O) groups excluding carboxylic acids is 1. The van der Waals surface area contributed by atoms with Crippen LogP contribution in [0.3, 0.4) is 0 Å². The van der Waals surface area contributed by atoms with Gasteiger partial charge in [-0.15, -0.1) is 0 Å². The van der Waals surface area contributed by atoms with Gasteiger partial charge in [0.2, 0.25) is 0 Å². The van der Waals surface area contributed by atoms with Gasteiger partial charge < -0.3 is 20.9 Å². The molecule has 1 aromatic carbocycles. The van der Waals surface area contributed by atoms with Crippen molar-refractivity contribution >= 4 is 6.03 Å². The van der Waals surface area contributed by atoms with Crippen LogP contribution in [0.2, 0.25) is 0 Å². The molecule has 0 bridgehead atoms. The van der Waals surface area contributed by atoms with Crippen LogP contribution in [0.15, 0.2) is 24.3 Å². The van der Waals surface area contributed by atoms with Gasteiger partial charge in [-0.25, -0.2) is 4.79 Å². The van der Waals surface area contributed by atoms with Gasteiger partial charge in [-0.3, -0.25) is 0 Å². The maximum absolute atomic E-state index is 10.4. The largest absolute Gasteiger partial charge is 0.491 e. The van der Waals surface area contributed by atoms with E-state index in [1.807, 2.05) is 31.2 Å². The zero-order valence-corrected chi connectivity index (χ0v) is 9.14. The number of nitrogens with one attached hydrogen (secondary N) is 1. The Morgan fingerprint density at radius 3 is 2.69 bits per heavy atom. The normalized spacial score (nSPS) is 11.9. The molecule has 0 heterocycles. The number of rotatable bonds is 5. The summed E-state index contributed by atoms with van der Waals surface area (Å²) in [7, 11) is 0.